The Kier molecular flexibility index (Phi) is 3.87. The third kappa shape index (κ3) is 2.98. The number of ether oxygens (including phenoxy) is 1. The Bertz CT molecular complexity index is 682. The van der Waals surface area contributed by atoms with Crippen molar-refractivity contribution in [3.63, 3.8) is 0 Å². The fraction of sp³-hybridized carbons (Fsp3) is 0.235. The maximum absolute atomic E-state index is 12.0. The predicted molar refractivity (Wildman–Crippen MR) is 80.2 cm³/mol. The first-order valence-corrected chi connectivity index (χ1v) is 7.12. The Morgan fingerprint density at radius 2 is 1.77 bits per heavy atom. The van der Waals surface area contributed by atoms with E-state index in [1.807, 2.05) is 30.3 Å². The molecule has 0 amide bonds. The Hall–Kier alpha value is -2.69. The molecule has 3 rings (SSSR count). The lowest BCUT2D eigenvalue weighted by Crippen LogP contribution is -2.10. The van der Waals surface area contributed by atoms with Crippen LogP contribution in [0.15, 0.2) is 54.6 Å². The first-order chi connectivity index (χ1) is 10.6. The number of nitrogens with zero attached hydrogens (tertiary/aromatic N) is 1. The Labute approximate surface area is 127 Å². The number of esters is 1. The Morgan fingerprint density at radius 3 is 2.41 bits per heavy atom. The number of rotatable bonds is 4. The molecule has 0 saturated carbocycles. The van der Waals surface area contributed by atoms with Crippen LogP contribution < -0.4 is 0 Å². The van der Waals surface area contributed by atoms with Crippen LogP contribution in [0.25, 0.3) is 0 Å². The average molecular weight is 297 g/mol. The number of hydrogen-bond acceptors (Lipinski definition) is 4. The fourth-order valence-corrected chi connectivity index (χ4v) is 2.72. The Balaban J connectivity index is 1.68. The van der Waals surface area contributed by atoms with Crippen LogP contribution in [-0.4, -0.2) is 10.9 Å². The molecule has 1 fully saturated rings. The molecule has 0 N–H and O–H groups in total. The highest BCUT2D eigenvalue weighted by Crippen LogP contribution is 2.35. The number of nitro benzene ring substituents is 1. The van der Waals surface area contributed by atoms with Crippen molar-refractivity contribution in [3.8, 4) is 0 Å². The van der Waals surface area contributed by atoms with E-state index in [0.29, 0.717) is 12.8 Å². The molecule has 0 unspecified atom stereocenters. The molecule has 1 aliphatic heterocycles. The van der Waals surface area contributed by atoms with E-state index in [4.69, 9.17) is 4.74 Å². The van der Waals surface area contributed by atoms with Gasteiger partial charge in [-0.3, -0.25) is 14.9 Å². The number of carbonyl (C=O) groups is 1. The molecular weight excluding hydrogens is 282 g/mol. The van der Waals surface area contributed by atoms with E-state index < -0.39 is 4.92 Å². The third-order valence-corrected chi connectivity index (χ3v) is 3.89. The summed E-state index contributed by atoms with van der Waals surface area (Å²) >= 11 is 0. The van der Waals surface area contributed by atoms with Crippen LogP contribution in [0.4, 0.5) is 5.69 Å². The van der Waals surface area contributed by atoms with Gasteiger partial charge in [-0.15, -0.1) is 0 Å². The fourth-order valence-electron chi connectivity index (χ4n) is 2.72. The standard InChI is InChI=1S/C17H15NO4/c19-17-14(10-12-6-8-15(9-7-12)18(20)21)11-16(22-17)13-4-2-1-3-5-13/h1-9,14,16H,10-11H2/t14-,16+/m1/s1. The first-order valence-electron chi connectivity index (χ1n) is 7.12. The zero-order valence-corrected chi connectivity index (χ0v) is 11.8. The highest BCUT2D eigenvalue weighted by molar-refractivity contribution is 5.75. The smallest absolute Gasteiger partial charge is 0.310 e. The summed E-state index contributed by atoms with van der Waals surface area (Å²) in [6.45, 7) is 0. The zero-order chi connectivity index (χ0) is 15.5. The van der Waals surface area contributed by atoms with Gasteiger partial charge in [-0.25, -0.2) is 0 Å². The maximum Gasteiger partial charge on any atom is 0.310 e. The predicted octanol–water partition coefficient (Wildman–Crippen LogP) is 3.44. The van der Waals surface area contributed by atoms with Crippen LogP contribution in [0.3, 0.4) is 0 Å². The van der Waals surface area contributed by atoms with Crippen molar-refractivity contribution >= 4 is 11.7 Å². The molecular formula is C17H15NO4. The summed E-state index contributed by atoms with van der Waals surface area (Å²) in [6.07, 6.45) is 0.983. The van der Waals surface area contributed by atoms with Crippen LogP contribution in [0.2, 0.25) is 0 Å². The van der Waals surface area contributed by atoms with E-state index in [9.17, 15) is 14.9 Å². The van der Waals surface area contributed by atoms with E-state index in [0.717, 1.165) is 11.1 Å². The zero-order valence-electron chi connectivity index (χ0n) is 11.8. The van der Waals surface area contributed by atoms with E-state index >= 15 is 0 Å². The van der Waals surface area contributed by atoms with E-state index in [1.165, 1.54) is 12.1 Å². The summed E-state index contributed by atoms with van der Waals surface area (Å²) in [5.74, 6) is -0.404. The molecule has 0 aromatic heterocycles. The minimum Gasteiger partial charge on any atom is -0.457 e. The van der Waals surface area contributed by atoms with E-state index in [2.05, 4.69) is 0 Å². The minimum atomic E-state index is -0.432. The van der Waals surface area contributed by atoms with Crippen molar-refractivity contribution < 1.29 is 14.5 Å². The van der Waals surface area contributed by atoms with Gasteiger partial charge in [-0.05, 0) is 17.5 Å². The van der Waals surface area contributed by atoms with Crippen LogP contribution in [-0.2, 0) is 16.0 Å². The van der Waals surface area contributed by atoms with Gasteiger partial charge in [0.05, 0.1) is 10.8 Å². The van der Waals surface area contributed by atoms with Crippen molar-refractivity contribution in [2.45, 2.75) is 18.9 Å². The number of nitro groups is 1. The van der Waals surface area contributed by atoms with E-state index in [1.54, 1.807) is 12.1 Å². The second-order valence-electron chi connectivity index (χ2n) is 5.40. The largest absolute Gasteiger partial charge is 0.457 e. The van der Waals surface area contributed by atoms with Crippen LogP contribution >= 0.6 is 0 Å². The normalized spacial score (nSPS) is 20.6. The lowest BCUT2D eigenvalue weighted by Gasteiger charge is -2.08. The highest BCUT2D eigenvalue weighted by atomic mass is 16.6. The molecule has 2 atom stereocenters. The van der Waals surface area contributed by atoms with Gasteiger partial charge in [0.2, 0.25) is 0 Å². The molecule has 2 aromatic carbocycles. The summed E-state index contributed by atoms with van der Waals surface area (Å²) in [7, 11) is 0. The lowest BCUT2D eigenvalue weighted by molar-refractivity contribution is -0.384. The molecule has 0 aliphatic carbocycles. The molecule has 1 aliphatic rings. The quantitative estimate of drug-likeness (QED) is 0.492. The van der Waals surface area contributed by atoms with Gasteiger partial charge >= 0.3 is 5.97 Å². The van der Waals surface area contributed by atoms with Gasteiger partial charge in [0.15, 0.2) is 0 Å². The number of hydrogen-bond donors (Lipinski definition) is 0. The molecule has 2 aromatic rings. The molecule has 22 heavy (non-hydrogen) atoms. The van der Waals surface area contributed by atoms with Crippen molar-refractivity contribution in [1.29, 1.82) is 0 Å². The monoisotopic (exact) mass is 297 g/mol. The third-order valence-electron chi connectivity index (χ3n) is 3.89. The van der Waals surface area contributed by atoms with Gasteiger partial charge in [-0.1, -0.05) is 42.5 Å². The number of cyclic esters (lactones) is 1. The number of non-ortho nitro benzene ring substituents is 1. The van der Waals surface area contributed by atoms with Gasteiger partial charge in [-0.2, -0.15) is 0 Å². The Morgan fingerprint density at radius 1 is 1.09 bits per heavy atom. The minimum absolute atomic E-state index is 0.0555. The number of benzene rings is 2. The summed E-state index contributed by atoms with van der Waals surface area (Å²) in [5.41, 5.74) is 1.96. The molecule has 0 spiro atoms. The van der Waals surface area contributed by atoms with Gasteiger partial charge in [0.25, 0.3) is 5.69 Å². The first kappa shape index (κ1) is 14.3. The molecule has 0 radical (unpaired) electrons. The molecule has 112 valence electrons. The summed E-state index contributed by atoms with van der Waals surface area (Å²) < 4.78 is 5.45. The molecule has 0 bridgehead atoms. The van der Waals surface area contributed by atoms with Crippen LogP contribution in [0.5, 0.6) is 0 Å². The van der Waals surface area contributed by atoms with Crippen molar-refractivity contribution in [3.05, 3.63) is 75.8 Å². The number of carbonyl (C=O) groups excluding carboxylic acids is 1. The molecule has 5 heteroatoms. The lowest BCUT2D eigenvalue weighted by atomic mass is 9.94. The average Bonchev–Trinajstić information content (AvgIpc) is 2.90. The molecule has 1 saturated heterocycles. The second-order valence-corrected chi connectivity index (χ2v) is 5.40. The highest BCUT2D eigenvalue weighted by Gasteiger charge is 2.35. The molecule has 1 heterocycles. The van der Waals surface area contributed by atoms with Crippen molar-refractivity contribution in [2.24, 2.45) is 5.92 Å². The van der Waals surface area contributed by atoms with Crippen molar-refractivity contribution in [2.75, 3.05) is 0 Å². The topological polar surface area (TPSA) is 69.4 Å². The van der Waals surface area contributed by atoms with Crippen LogP contribution in [0.1, 0.15) is 23.7 Å². The SMILES string of the molecule is O=C1O[C@H](c2ccccc2)C[C@H]1Cc1ccc([N+](=O)[O-])cc1. The summed E-state index contributed by atoms with van der Waals surface area (Å²) in [5, 5.41) is 10.6. The van der Waals surface area contributed by atoms with Crippen molar-refractivity contribution in [1.82, 2.24) is 0 Å². The summed E-state index contributed by atoms with van der Waals surface area (Å²) in [6, 6.07) is 16.0. The van der Waals surface area contributed by atoms with E-state index in [-0.39, 0.29) is 23.7 Å². The van der Waals surface area contributed by atoms with Gasteiger partial charge < -0.3 is 4.74 Å². The van der Waals surface area contributed by atoms with Crippen LogP contribution in [0, 0.1) is 16.0 Å². The summed E-state index contributed by atoms with van der Waals surface area (Å²) in [4.78, 5) is 22.2. The molecule has 5 nitrogen and oxygen atoms in total. The van der Waals surface area contributed by atoms with Gasteiger partial charge in [0.1, 0.15) is 6.10 Å². The van der Waals surface area contributed by atoms with Gasteiger partial charge in [0, 0.05) is 18.6 Å². The maximum atomic E-state index is 12.0. The second kappa shape index (κ2) is 5.97.